The molecule has 0 heterocycles. The van der Waals surface area contributed by atoms with Crippen LogP contribution in [0.15, 0.2) is 0 Å². The Hall–Kier alpha value is 0.0300. The van der Waals surface area contributed by atoms with Crippen molar-refractivity contribution in [1.82, 2.24) is 0 Å². The van der Waals surface area contributed by atoms with E-state index in [0.29, 0.717) is 11.0 Å². The summed E-state index contributed by atoms with van der Waals surface area (Å²) < 4.78 is 15.6. The molecule has 0 rings (SSSR count). The summed E-state index contributed by atoms with van der Waals surface area (Å²) in [5, 5.41) is 9.83. The van der Waals surface area contributed by atoms with Gasteiger partial charge in [-0.1, -0.05) is 58.3 Å². The van der Waals surface area contributed by atoms with Crippen LogP contribution in [0.5, 0.6) is 0 Å². The fraction of sp³-hybridized carbons (Fsp3) is 1.00. The second-order valence-corrected chi connectivity index (χ2v) is 8.70. The highest BCUT2D eigenvalue weighted by molar-refractivity contribution is 7.46. The van der Waals surface area contributed by atoms with Gasteiger partial charge in [0.2, 0.25) is 0 Å². The third kappa shape index (κ3) is 16.9. The number of likely N-dealkylation sites (N-methyl/N-ethyl adjacent to an activating group) is 1. The summed E-state index contributed by atoms with van der Waals surface area (Å²) in [4.78, 5) is 17.3. The lowest BCUT2D eigenvalue weighted by Gasteiger charge is -2.31. The Bertz CT molecular complexity index is 346. The van der Waals surface area contributed by atoms with E-state index >= 15 is 0 Å². The van der Waals surface area contributed by atoms with Crippen molar-refractivity contribution in [3.05, 3.63) is 0 Å². The smallest absolute Gasteiger partial charge is 0.385 e. The van der Waals surface area contributed by atoms with Crippen LogP contribution < -0.4 is 0 Å². The van der Waals surface area contributed by atoms with Gasteiger partial charge in [-0.05, 0) is 12.8 Å². The zero-order valence-electron chi connectivity index (χ0n) is 15.8. The SMILES string of the molecule is CCCCCCCCCCCC[N+](C)(C)CC(O)COP(=O)(O)O. The Morgan fingerprint density at radius 2 is 1.38 bits per heavy atom. The van der Waals surface area contributed by atoms with Crippen molar-refractivity contribution in [3.63, 3.8) is 0 Å². The normalized spacial score (nSPS) is 14.1. The van der Waals surface area contributed by atoms with Gasteiger partial charge in [0.05, 0.1) is 27.2 Å². The third-order valence-corrected chi connectivity index (χ3v) is 4.74. The number of hydrogen-bond acceptors (Lipinski definition) is 3. The number of phosphoric ester groups is 1. The molecule has 146 valence electrons. The first-order valence-corrected chi connectivity index (χ1v) is 10.9. The Morgan fingerprint density at radius 3 is 1.83 bits per heavy atom. The van der Waals surface area contributed by atoms with Crippen LogP contribution in [-0.2, 0) is 9.09 Å². The van der Waals surface area contributed by atoms with Crippen molar-refractivity contribution in [1.29, 1.82) is 0 Å². The Kier molecular flexibility index (Phi) is 13.3. The van der Waals surface area contributed by atoms with Gasteiger partial charge in [-0.3, -0.25) is 4.52 Å². The van der Waals surface area contributed by atoms with E-state index in [9.17, 15) is 9.67 Å². The first-order valence-electron chi connectivity index (χ1n) is 9.36. The summed E-state index contributed by atoms with van der Waals surface area (Å²) >= 11 is 0. The minimum Gasteiger partial charge on any atom is -0.385 e. The van der Waals surface area contributed by atoms with E-state index in [4.69, 9.17) is 9.79 Å². The van der Waals surface area contributed by atoms with Crippen LogP contribution in [0.4, 0.5) is 0 Å². The first-order chi connectivity index (χ1) is 11.2. The highest BCUT2D eigenvalue weighted by Gasteiger charge is 2.23. The van der Waals surface area contributed by atoms with Crippen LogP contribution in [0.2, 0.25) is 0 Å². The van der Waals surface area contributed by atoms with Gasteiger partial charge in [0.15, 0.2) is 0 Å². The van der Waals surface area contributed by atoms with E-state index in [2.05, 4.69) is 11.4 Å². The van der Waals surface area contributed by atoms with E-state index in [0.717, 1.165) is 13.0 Å². The minimum absolute atomic E-state index is 0.329. The summed E-state index contributed by atoms with van der Waals surface area (Å²) in [6, 6.07) is 0. The molecule has 0 aliphatic rings. The number of unbranched alkanes of at least 4 members (excludes halogenated alkanes) is 9. The predicted molar refractivity (Wildman–Crippen MR) is 97.7 cm³/mol. The molecule has 7 heteroatoms. The summed E-state index contributed by atoms with van der Waals surface area (Å²) in [5.41, 5.74) is 0. The number of rotatable bonds is 16. The molecule has 0 fully saturated rings. The van der Waals surface area contributed by atoms with Gasteiger partial charge in [0.1, 0.15) is 12.6 Å². The van der Waals surface area contributed by atoms with Crippen LogP contribution in [0.3, 0.4) is 0 Å². The van der Waals surface area contributed by atoms with Crippen LogP contribution >= 0.6 is 7.82 Å². The topological polar surface area (TPSA) is 87.0 Å². The Labute approximate surface area is 148 Å². The molecule has 0 aromatic heterocycles. The predicted octanol–water partition coefficient (Wildman–Crippen LogP) is 3.45. The number of quaternary nitrogens is 1. The summed E-state index contributed by atoms with van der Waals surface area (Å²) in [5.74, 6) is 0. The number of nitrogens with zero attached hydrogens (tertiary/aromatic N) is 1. The van der Waals surface area contributed by atoms with E-state index in [-0.39, 0.29) is 6.61 Å². The van der Waals surface area contributed by atoms with Gasteiger partial charge in [-0.2, -0.15) is 0 Å². The second kappa shape index (κ2) is 13.3. The average molecular weight is 368 g/mol. The molecule has 0 aromatic carbocycles. The molecule has 0 amide bonds. The maximum atomic E-state index is 10.6. The van der Waals surface area contributed by atoms with Crippen molar-refractivity contribution in [2.24, 2.45) is 0 Å². The molecule has 0 aliphatic heterocycles. The van der Waals surface area contributed by atoms with Crippen LogP contribution in [0.1, 0.15) is 71.1 Å². The number of hydrogen-bond donors (Lipinski definition) is 3. The molecule has 0 saturated heterocycles. The lowest BCUT2D eigenvalue weighted by Crippen LogP contribution is -2.47. The van der Waals surface area contributed by atoms with E-state index < -0.39 is 13.9 Å². The molecule has 0 aliphatic carbocycles. The molecule has 0 bridgehead atoms. The van der Waals surface area contributed by atoms with Crippen molar-refractivity contribution in [2.75, 3.05) is 33.8 Å². The maximum absolute atomic E-state index is 10.6. The van der Waals surface area contributed by atoms with Crippen LogP contribution in [0, 0.1) is 0 Å². The summed E-state index contributed by atoms with van der Waals surface area (Å²) in [6.45, 7) is 3.29. The fourth-order valence-electron chi connectivity index (χ4n) is 2.92. The number of aliphatic hydroxyl groups is 1. The number of aliphatic hydroxyl groups excluding tert-OH is 1. The largest absolute Gasteiger partial charge is 0.469 e. The molecule has 3 N–H and O–H groups in total. The molecule has 0 radical (unpaired) electrons. The fourth-order valence-corrected chi connectivity index (χ4v) is 3.29. The van der Waals surface area contributed by atoms with Crippen molar-refractivity contribution in [3.8, 4) is 0 Å². The average Bonchev–Trinajstić information content (AvgIpc) is 2.46. The van der Waals surface area contributed by atoms with Gasteiger partial charge in [0, 0.05) is 0 Å². The Balaban J connectivity index is 3.61. The zero-order valence-corrected chi connectivity index (χ0v) is 16.7. The number of phosphoric acid groups is 1. The monoisotopic (exact) mass is 368 g/mol. The lowest BCUT2D eigenvalue weighted by atomic mass is 10.1. The van der Waals surface area contributed by atoms with Gasteiger partial charge >= 0.3 is 7.82 Å². The molecule has 0 aromatic rings. The summed E-state index contributed by atoms with van der Waals surface area (Å²) in [6.07, 6.45) is 12.1. The van der Waals surface area contributed by atoms with E-state index in [1.165, 1.54) is 57.8 Å². The van der Waals surface area contributed by atoms with Gasteiger partial charge < -0.3 is 19.4 Å². The first kappa shape index (κ1) is 24.0. The second-order valence-electron chi connectivity index (χ2n) is 7.46. The molecule has 0 saturated carbocycles. The molecule has 24 heavy (non-hydrogen) atoms. The molecule has 6 nitrogen and oxygen atoms in total. The highest BCUT2D eigenvalue weighted by Crippen LogP contribution is 2.35. The Morgan fingerprint density at radius 1 is 0.917 bits per heavy atom. The maximum Gasteiger partial charge on any atom is 0.469 e. The van der Waals surface area contributed by atoms with Crippen molar-refractivity contribution < 1.29 is 28.5 Å². The molecule has 1 atom stereocenters. The van der Waals surface area contributed by atoms with E-state index in [1.807, 2.05) is 14.1 Å². The molecular weight excluding hydrogens is 329 g/mol. The van der Waals surface area contributed by atoms with E-state index in [1.54, 1.807) is 0 Å². The zero-order chi connectivity index (χ0) is 18.5. The highest BCUT2D eigenvalue weighted by atomic mass is 31.2. The van der Waals surface area contributed by atoms with Gasteiger partial charge in [0.25, 0.3) is 0 Å². The van der Waals surface area contributed by atoms with Gasteiger partial charge in [-0.15, -0.1) is 0 Å². The molecular formula is C17H39NO5P+. The minimum atomic E-state index is -4.50. The van der Waals surface area contributed by atoms with Crippen LogP contribution in [-0.4, -0.2) is 59.3 Å². The van der Waals surface area contributed by atoms with Gasteiger partial charge in [-0.25, -0.2) is 4.57 Å². The molecule has 1 unspecified atom stereocenters. The third-order valence-electron chi connectivity index (χ3n) is 4.26. The standard InChI is InChI=1S/C17H38NO5P/c1-4-5-6-7-8-9-10-11-12-13-14-18(2,3)15-17(19)16-23-24(20,21)22/h17,19H,4-16H2,1-3H3,(H-,20,21,22)/p+1. The van der Waals surface area contributed by atoms with Crippen molar-refractivity contribution >= 4 is 7.82 Å². The quantitative estimate of drug-likeness (QED) is 0.221. The van der Waals surface area contributed by atoms with Crippen LogP contribution in [0.25, 0.3) is 0 Å². The van der Waals surface area contributed by atoms with Crippen molar-refractivity contribution in [2.45, 2.75) is 77.2 Å². The molecule has 0 spiro atoms. The summed E-state index contributed by atoms with van der Waals surface area (Å²) in [7, 11) is -0.454. The lowest BCUT2D eigenvalue weighted by molar-refractivity contribution is -0.893.